The topological polar surface area (TPSA) is 43.6 Å². The van der Waals surface area contributed by atoms with Crippen LogP contribution in [-0.4, -0.2) is 17.6 Å². The maximum atomic E-state index is 13.4. The Morgan fingerprint density at radius 3 is 2.27 bits per heavy atom. The van der Waals surface area contributed by atoms with E-state index in [0.29, 0.717) is 11.3 Å². The molecular weight excluding hydrogens is 392 g/mol. The van der Waals surface area contributed by atoms with E-state index in [1.54, 1.807) is 7.11 Å². The van der Waals surface area contributed by atoms with Gasteiger partial charge >= 0.3 is 0 Å². The summed E-state index contributed by atoms with van der Waals surface area (Å²) in [5.41, 5.74) is 2.74. The Hall–Kier alpha value is -3.62. The number of terminal acetylenes is 1. The van der Waals surface area contributed by atoms with Crippen molar-refractivity contribution in [2.75, 3.05) is 7.11 Å². The van der Waals surface area contributed by atoms with Gasteiger partial charge in [0.2, 0.25) is 0 Å². The zero-order chi connectivity index (χ0) is 20.9. The van der Waals surface area contributed by atoms with Gasteiger partial charge in [-0.2, -0.15) is 4.99 Å². The fraction of sp³-hybridized carbons (Fsp3) is 0.120. The van der Waals surface area contributed by atoms with E-state index in [9.17, 15) is 4.79 Å². The summed E-state index contributed by atoms with van der Waals surface area (Å²) in [6.07, 6.45) is 5.59. The molecule has 0 aliphatic heterocycles. The molecule has 30 heavy (non-hydrogen) atoms. The predicted octanol–water partition coefficient (Wildman–Crippen LogP) is 4.60. The van der Waals surface area contributed by atoms with Gasteiger partial charge in [-0.3, -0.25) is 4.79 Å². The quantitative estimate of drug-likeness (QED) is 0.450. The van der Waals surface area contributed by atoms with E-state index in [1.807, 2.05) is 83.4 Å². The van der Waals surface area contributed by atoms with Crippen LogP contribution in [0.1, 0.15) is 17.0 Å². The molecule has 0 saturated carbocycles. The Labute approximate surface area is 179 Å². The van der Waals surface area contributed by atoms with Crippen molar-refractivity contribution in [3.63, 3.8) is 0 Å². The standard InChI is InChI=1S/C25H20N2O2S/c1-3-16-27-21-15-14-20(29-2)17-22(21)30-25(27)26-24(28)23(18-10-6-4-7-11-18)19-12-8-5-9-13-19/h1,4-15,17,23H,16H2,2H3. The highest BCUT2D eigenvalue weighted by molar-refractivity contribution is 7.16. The minimum Gasteiger partial charge on any atom is -0.497 e. The van der Waals surface area contributed by atoms with Crippen LogP contribution in [0.4, 0.5) is 0 Å². The van der Waals surface area contributed by atoms with E-state index in [0.717, 1.165) is 27.1 Å². The van der Waals surface area contributed by atoms with Gasteiger partial charge in [0, 0.05) is 0 Å². The van der Waals surface area contributed by atoms with Crippen molar-refractivity contribution in [3.8, 4) is 18.1 Å². The lowest BCUT2D eigenvalue weighted by molar-refractivity contribution is -0.118. The zero-order valence-electron chi connectivity index (χ0n) is 16.5. The summed E-state index contributed by atoms with van der Waals surface area (Å²) >= 11 is 1.43. The minimum atomic E-state index is -0.480. The third-order valence-electron chi connectivity index (χ3n) is 4.86. The summed E-state index contributed by atoms with van der Waals surface area (Å²) in [7, 11) is 1.63. The van der Waals surface area contributed by atoms with Gasteiger partial charge in [-0.1, -0.05) is 77.9 Å². The second-order valence-electron chi connectivity index (χ2n) is 6.71. The number of carbonyl (C=O) groups excluding carboxylic acids is 1. The van der Waals surface area contributed by atoms with E-state index in [1.165, 1.54) is 11.3 Å². The smallest absolute Gasteiger partial charge is 0.260 e. The molecule has 4 aromatic rings. The first kappa shape index (κ1) is 19.7. The summed E-state index contributed by atoms with van der Waals surface area (Å²) in [6, 6.07) is 25.2. The number of ether oxygens (including phenoxy) is 1. The lowest BCUT2D eigenvalue weighted by atomic mass is 9.91. The number of aromatic nitrogens is 1. The van der Waals surface area contributed by atoms with E-state index in [-0.39, 0.29) is 5.91 Å². The molecule has 1 aromatic heterocycles. The highest BCUT2D eigenvalue weighted by atomic mass is 32.1. The van der Waals surface area contributed by atoms with Crippen LogP contribution in [0, 0.1) is 12.3 Å². The highest BCUT2D eigenvalue weighted by Gasteiger charge is 2.22. The number of benzene rings is 3. The Morgan fingerprint density at radius 2 is 1.70 bits per heavy atom. The molecule has 5 heteroatoms. The number of methoxy groups -OCH3 is 1. The normalized spacial score (nSPS) is 11.6. The Balaban J connectivity index is 1.86. The summed E-state index contributed by atoms with van der Waals surface area (Å²) in [5, 5.41) is 0. The van der Waals surface area contributed by atoms with E-state index >= 15 is 0 Å². The van der Waals surface area contributed by atoms with Crippen molar-refractivity contribution in [1.29, 1.82) is 0 Å². The van der Waals surface area contributed by atoms with Gasteiger partial charge in [0.15, 0.2) is 4.80 Å². The molecule has 4 nitrogen and oxygen atoms in total. The monoisotopic (exact) mass is 412 g/mol. The molecule has 0 atom stereocenters. The Bertz CT molecular complexity index is 1240. The molecule has 3 aromatic carbocycles. The first-order chi connectivity index (χ1) is 14.7. The number of hydrogen-bond donors (Lipinski definition) is 0. The molecule has 0 N–H and O–H groups in total. The molecule has 0 saturated heterocycles. The fourth-order valence-electron chi connectivity index (χ4n) is 3.44. The van der Waals surface area contributed by atoms with Crippen LogP contribution in [0.3, 0.4) is 0 Å². The summed E-state index contributed by atoms with van der Waals surface area (Å²) in [4.78, 5) is 18.5. The second-order valence-corrected chi connectivity index (χ2v) is 7.72. The van der Waals surface area contributed by atoms with Gasteiger partial charge in [-0.05, 0) is 29.3 Å². The van der Waals surface area contributed by atoms with Crippen LogP contribution in [0.2, 0.25) is 0 Å². The highest BCUT2D eigenvalue weighted by Crippen LogP contribution is 2.27. The average Bonchev–Trinajstić information content (AvgIpc) is 3.11. The van der Waals surface area contributed by atoms with Crippen molar-refractivity contribution in [2.45, 2.75) is 12.5 Å². The molecule has 1 amide bonds. The van der Waals surface area contributed by atoms with Crippen molar-refractivity contribution in [2.24, 2.45) is 4.99 Å². The Kier molecular flexibility index (Phi) is 5.78. The van der Waals surface area contributed by atoms with Crippen molar-refractivity contribution >= 4 is 27.5 Å². The molecule has 4 rings (SSSR count). The van der Waals surface area contributed by atoms with Crippen molar-refractivity contribution < 1.29 is 9.53 Å². The number of amides is 1. The van der Waals surface area contributed by atoms with E-state index in [4.69, 9.17) is 11.2 Å². The molecule has 0 fully saturated rings. The molecule has 0 bridgehead atoms. The lowest BCUT2D eigenvalue weighted by Crippen LogP contribution is -2.20. The first-order valence-corrected chi connectivity index (χ1v) is 10.3. The van der Waals surface area contributed by atoms with Crippen LogP contribution in [0.5, 0.6) is 5.75 Å². The Morgan fingerprint density at radius 1 is 1.07 bits per heavy atom. The van der Waals surface area contributed by atoms with Gasteiger partial charge in [-0.25, -0.2) is 0 Å². The predicted molar refractivity (Wildman–Crippen MR) is 120 cm³/mol. The first-order valence-electron chi connectivity index (χ1n) is 9.50. The average molecular weight is 413 g/mol. The largest absolute Gasteiger partial charge is 0.497 e. The zero-order valence-corrected chi connectivity index (χ0v) is 17.3. The van der Waals surface area contributed by atoms with Crippen LogP contribution in [0.15, 0.2) is 83.9 Å². The van der Waals surface area contributed by atoms with Gasteiger partial charge in [0.25, 0.3) is 5.91 Å². The van der Waals surface area contributed by atoms with Crippen LogP contribution >= 0.6 is 11.3 Å². The van der Waals surface area contributed by atoms with Gasteiger partial charge in [-0.15, -0.1) is 6.42 Å². The number of rotatable bonds is 5. The fourth-order valence-corrected chi connectivity index (χ4v) is 4.50. The molecule has 148 valence electrons. The lowest BCUT2D eigenvalue weighted by Gasteiger charge is -2.14. The number of carbonyl (C=O) groups is 1. The number of fused-ring (bicyclic) bond motifs is 1. The van der Waals surface area contributed by atoms with Crippen molar-refractivity contribution in [1.82, 2.24) is 4.57 Å². The van der Waals surface area contributed by atoms with Crippen molar-refractivity contribution in [3.05, 3.63) is 94.8 Å². The summed E-state index contributed by atoms with van der Waals surface area (Å²) < 4.78 is 8.18. The number of nitrogens with zero attached hydrogens (tertiary/aromatic N) is 2. The minimum absolute atomic E-state index is 0.225. The second kappa shape index (κ2) is 8.81. The third-order valence-corrected chi connectivity index (χ3v) is 5.90. The number of hydrogen-bond acceptors (Lipinski definition) is 3. The summed E-state index contributed by atoms with van der Waals surface area (Å²) in [5.74, 6) is 2.71. The van der Waals surface area contributed by atoms with E-state index < -0.39 is 5.92 Å². The van der Waals surface area contributed by atoms with Gasteiger partial charge in [0.1, 0.15) is 5.75 Å². The molecule has 0 unspecified atom stereocenters. The SMILES string of the molecule is C#CCn1c(=NC(=O)C(c2ccccc2)c2ccccc2)sc2cc(OC)ccc21. The maximum Gasteiger partial charge on any atom is 0.260 e. The molecule has 0 radical (unpaired) electrons. The summed E-state index contributed by atoms with van der Waals surface area (Å²) in [6.45, 7) is 0.333. The van der Waals surface area contributed by atoms with Crippen LogP contribution in [0.25, 0.3) is 10.2 Å². The maximum absolute atomic E-state index is 13.4. The molecule has 0 spiro atoms. The van der Waals surface area contributed by atoms with Gasteiger partial charge < -0.3 is 9.30 Å². The third kappa shape index (κ3) is 3.91. The molecular formula is C25H20N2O2S. The molecule has 0 aliphatic rings. The molecule has 1 heterocycles. The van der Waals surface area contributed by atoms with Crippen LogP contribution < -0.4 is 9.54 Å². The van der Waals surface area contributed by atoms with Crippen LogP contribution in [-0.2, 0) is 11.3 Å². The number of thiazole rings is 1. The van der Waals surface area contributed by atoms with Gasteiger partial charge in [0.05, 0.1) is 29.8 Å². The molecule has 0 aliphatic carbocycles. The van der Waals surface area contributed by atoms with E-state index in [2.05, 4.69) is 10.9 Å².